The van der Waals surface area contributed by atoms with Gasteiger partial charge in [0, 0.05) is 0 Å². The Morgan fingerprint density at radius 2 is 2.00 bits per heavy atom. The van der Waals surface area contributed by atoms with Crippen LogP contribution in [0.25, 0.3) is 0 Å². The third kappa shape index (κ3) is 3.26. The number of ether oxygens (including phenoxy) is 1. The Morgan fingerprint density at radius 1 is 1.38 bits per heavy atom. The normalized spacial score (nSPS) is 11.2. The van der Waals surface area contributed by atoms with Gasteiger partial charge in [-0.1, -0.05) is 32.9 Å². The molecule has 0 aliphatic heterocycles. The van der Waals surface area contributed by atoms with Crippen molar-refractivity contribution in [3.63, 3.8) is 0 Å². The van der Waals surface area contributed by atoms with Gasteiger partial charge in [0.25, 0.3) is 0 Å². The van der Waals surface area contributed by atoms with E-state index < -0.39 is 0 Å². The van der Waals surface area contributed by atoms with Crippen molar-refractivity contribution in [2.75, 3.05) is 6.61 Å². The third-order valence-electron chi connectivity index (χ3n) is 2.42. The van der Waals surface area contributed by atoms with E-state index in [1.54, 1.807) is 0 Å². The zero-order valence-corrected chi connectivity index (χ0v) is 10.4. The van der Waals surface area contributed by atoms with Crippen LogP contribution < -0.4 is 10.5 Å². The van der Waals surface area contributed by atoms with E-state index in [2.05, 4.69) is 32.9 Å². The predicted octanol–water partition coefficient (Wildman–Crippen LogP) is 2.61. The molecule has 0 spiro atoms. The first-order chi connectivity index (χ1) is 7.30. The van der Waals surface area contributed by atoms with Gasteiger partial charge >= 0.3 is 0 Å². The van der Waals surface area contributed by atoms with Crippen LogP contribution in [0.2, 0.25) is 0 Å². The molecule has 0 aliphatic carbocycles. The second-order valence-electron chi connectivity index (χ2n) is 5.04. The molecule has 0 saturated heterocycles. The van der Waals surface area contributed by atoms with Gasteiger partial charge in [-0.25, -0.2) is 0 Å². The van der Waals surface area contributed by atoms with Crippen molar-refractivity contribution in [3.8, 4) is 5.75 Å². The number of nitrogens with one attached hydrogen (secondary N) is 1. The van der Waals surface area contributed by atoms with Crippen molar-refractivity contribution >= 4 is 5.84 Å². The molecule has 0 heterocycles. The summed E-state index contributed by atoms with van der Waals surface area (Å²) < 4.78 is 5.42. The molecule has 0 atom stereocenters. The highest BCUT2D eigenvalue weighted by Crippen LogP contribution is 2.27. The number of amidine groups is 1. The lowest BCUT2D eigenvalue weighted by Crippen LogP contribution is -2.19. The van der Waals surface area contributed by atoms with Crippen LogP contribution in [0.1, 0.15) is 31.9 Å². The van der Waals surface area contributed by atoms with Gasteiger partial charge in [0.1, 0.15) is 18.2 Å². The first kappa shape index (κ1) is 12.6. The summed E-state index contributed by atoms with van der Waals surface area (Å²) in [5.41, 5.74) is 7.75. The zero-order chi connectivity index (χ0) is 12.3. The standard InChI is InChI=1S/C13H20N2O/c1-9-7-10(13(2,3)4)5-6-11(9)16-8-12(14)15/h5-7H,8H2,1-4H3,(H3,14,15). The summed E-state index contributed by atoms with van der Waals surface area (Å²) in [5.74, 6) is 0.836. The van der Waals surface area contributed by atoms with Crippen LogP contribution in [0, 0.1) is 12.3 Å². The van der Waals surface area contributed by atoms with Gasteiger partial charge in [0.15, 0.2) is 0 Å². The fraction of sp³-hybridized carbons (Fsp3) is 0.462. The molecule has 88 valence electrons. The Balaban J connectivity index is 2.88. The predicted molar refractivity (Wildman–Crippen MR) is 67.3 cm³/mol. The Kier molecular flexibility index (Phi) is 3.58. The molecule has 0 amide bonds. The van der Waals surface area contributed by atoms with Gasteiger partial charge < -0.3 is 10.5 Å². The highest BCUT2D eigenvalue weighted by atomic mass is 16.5. The minimum absolute atomic E-state index is 0.0410. The largest absolute Gasteiger partial charge is 0.485 e. The summed E-state index contributed by atoms with van der Waals surface area (Å²) in [7, 11) is 0. The summed E-state index contributed by atoms with van der Waals surface area (Å²) in [6.45, 7) is 8.69. The summed E-state index contributed by atoms with van der Waals surface area (Å²) in [6, 6.07) is 6.12. The first-order valence-corrected chi connectivity index (χ1v) is 5.37. The maximum Gasteiger partial charge on any atom is 0.145 e. The molecule has 0 aliphatic rings. The average Bonchev–Trinajstić information content (AvgIpc) is 2.14. The fourth-order valence-corrected chi connectivity index (χ4v) is 1.43. The van der Waals surface area contributed by atoms with Crippen molar-refractivity contribution in [3.05, 3.63) is 29.3 Å². The van der Waals surface area contributed by atoms with Crippen LogP contribution in [0.5, 0.6) is 5.75 Å². The Hall–Kier alpha value is -1.51. The first-order valence-electron chi connectivity index (χ1n) is 5.37. The number of rotatable bonds is 3. The van der Waals surface area contributed by atoms with Crippen molar-refractivity contribution in [1.82, 2.24) is 0 Å². The number of nitrogens with two attached hydrogens (primary N) is 1. The van der Waals surface area contributed by atoms with E-state index in [1.165, 1.54) is 5.56 Å². The van der Waals surface area contributed by atoms with Gasteiger partial charge in [0.05, 0.1) is 0 Å². The molecule has 0 radical (unpaired) electrons. The summed E-state index contributed by atoms with van der Waals surface area (Å²) in [4.78, 5) is 0. The lowest BCUT2D eigenvalue weighted by molar-refractivity contribution is 0.371. The van der Waals surface area contributed by atoms with Crippen LogP contribution in [0.15, 0.2) is 18.2 Å². The van der Waals surface area contributed by atoms with Crippen molar-refractivity contribution in [1.29, 1.82) is 5.41 Å². The van der Waals surface area contributed by atoms with Gasteiger partial charge in [-0.05, 0) is 29.5 Å². The average molecular weight is 220 g/mol. The van der Waals surface area contributed by atoms with Crippen LogP contribution >= 0.6 is 0 Å². The van der Waals surface area contributed by atoms with Crippen LogP contribution in [0.4, 0.5) is 0 Å². The van der Waals surface area contributed by atoms with E-state index in [4.69, 9.17) is 15.9 Å². The van der Waals surface area contributed by atoms with Crippen LogP contribution in [0.3, 0.4) is 0 Å². The van der Waals surface area contributed by atoms with E-state index >= 15 is 0 Å². The second kappa shape index (κ2) is 4.56. The van der Waals surface area contributed by atoms with Crippen molar-refractivity contribution < 1.29 is 4.74 Å². The molecule has 1 aromatic carbocycles. The third-order valence-corrected chi connectivity index (χ3v) is 2.42. The Labute approximate surface area is 97.1 Å². The van der Waals surface area contributed by atoms with Crippen LogP contribution in [-0.4, -0.2) is 12.4 Å². The quantitative estimate of drug-likeness (QED) is 0.607. The molecule has 0 unspecified atom stereocenters. The number of hydrogen-bond acceptors (Lipinski definition) is 2. The lowest BCUT2D eigenvalue weighted by atomic mass is 9.86. The number of benzene rings is 1. The zero-order valence-electron chi connectivity index (χ0n) is 10.4. The van der Waals surface area contributed by atoms with Gasteiger partial charge in [-0.15, -0.1) is 0 Å². The lowest BCUT2D eigenvalue weighted by Gasteiger charge is -2.20. The fourth-order valence-electron chi connectivity index (χ4n) is 1.43. The SMILES string of the molecule is Cc1cc(C(C)(C)C)ccc1OCC(=N)N. The van der Waals surface area contributed by atoms with E-state index in [-0.39, 0.29) is 17.9 Å². The van der Waals surface area contributed by atoms with Gasteiger partial charge in [-0.3, -0.25) is 5.41 Å². The maximum atomic E-state index is 7.11. The summed E-state index contributed by atoms with van der Waals surface area (Å²) in [6.07, 6.45) is 0. The number of aryl methyl sites for hydroxylation is 1. The van der Waals surface area contributed by atoms with Crippen molar-refractivity contribution in [2.24, 2.45) is 5.73 Å². The molecule has 3 nitrogen and oxygen atoms in total. The molecule has 0 aromatic heterocycles. The maximum absolute atomic E-state index is 7.11. The molecule has 1 rings (SSSR count). The molecule has 1 aromatic rings. The molecule has 3 N–H and O–H groups in total. The van der Waals surface area contributed by atoms with Crippen molar-refractivity contribution in [2.45, 2.75) is 33.1 Å². The highest BCUT2D eigenvalue weighted by molar-refractivity contribution is 5.78. The van der Waals surface area contributed by atoms with Gasteiger partial charge in [-0.2, -0.15) is 0 Å². The van der Waals surface area contributed by atoms with E-state index in [9.17, 15) is 0 Å². The number of hydrogen-bond donors (Lipinski definition) is 2. The van der Waals surface area contributed by atoms with Gasteiger partial charge in [0.2, 0.25) is 0 Å². The Morgan fingerprint density at radius 3 is 2.44 bits per heavy atom. The molecule has 3 heteroatoms. The molecular formula is C13H20N2O. The molecular weight excluding hydrogens is 200 g/mol. The summed E-state index contributed by atoms with van der Waals surface area (Å²) >= 11 is 0. The smallest absolute Gasteiger partial charge is 0.145 e. The van der Waals surface area contributed by atoms with E-state index in [1.807, 2.05) is 13.0 Å². The second-order valence-corrected chi connectivity index (χ2v) is 5.04. The van der Waals surface area contributed by atoms with E-state index in [0.29, 0.717) is 0 Å². The topological polar surface area (TPSA) is 59.1 Å². The molecule has 0 saturated carbocycles. The molecule has 0 bridgehead atoms. The summed E-state index contributed by atoms with van der Waals surface area (Å²) in [5, 5.41) is 7.11. The monoisotopic (exact) mass is 220 g/mol. The Bertz CT molecular complexity index is 391. The minimum atomic E-state index is 0.0410. The molecule has 16 heavy (non-hydrogen) atoms. The molecule has 0 fully saturated rings. The highest BCUT2D eigenvalue weighted by Gasteiger charge is 2.14. The van der Waals surface area contributed by atoms with E-state index in [0.717, 1.165) is 11.3 Å². The minimum Gasteiger partial charge on any atom is -0.485 e. The van der Waals surface area contributed by atoms with Crippen LogP contribution in [-0.2, 0) is 5.41 Å².